The molecule has 0 spiro atoms. The van der Waals surface area contributed by atoms with Crippen molar-refractivity contribution in [1.82, 2.24) is 20.3 Å². The van der Waals surface area contributed by atoms with Crippen molar-refractivity contribution in [3.63, 3.8) is 0 Å². The zero-order chi connectivity index (χ0) is 17.6. The average Bonchev–Trinajstić information content (AvgIpc) is 2.67. The van der Waals surface area contributed by atoms with E-state index >= 15 is 0 Å². The van der Waals surface area contributed by atoms with Gasteiger partial charge >= 0.3 is 6.01 Å². The summed E-state index contributed by atoms with van der Waals surface area (Å²) in [5.41, 5.74) is 0.401. The molecule has 2 aromatic rings. The van der Waals surface area contributed by atoms with Crippen LogP contribution in [-0.2, 0) is 11.3 Å². The molecule has 1 amide bonds. The molecule has 8 nitrogen and oxygen atoms in total. The third-order valence-corrected chi connectivity index (χ3v) is 3.98. The Kier molecular flexibility index (Phi) is 5.62. The molecule has 9 heteroatoms. The summed E-state index contributed by atoms with van der Waals surface area (Å²) in [6.45, 7) is 2.76. The minimum absolute atomic E-state index is 0.139. The van der Waals surface area contributed by atoms with Crippen LogP contribution in [0.1, 0.15) is 16.2 Å². The van der Waals surface area contributed by atoms with Crippen LogP contribution in [-0.4, -0.2) is 54.3 Å². The Morgan fingerprint density at radius 2 is 2.04 bits per heavy atom. The Bertz CT molecular complexity index is 752. The summed E-state index contributed by atoms with van der Waals surface area (Å²) in [7, 11) is 1.49. The van der Waals surface area contributed by atoms with Gasteiger partial charge in [-0.05, 0) is 12.1 Å². The predicted octanol–water partition coefficient (Wildman–Crippen LogP) is 1.30. The van der Waals surface area contributed by atoms with Crippen LogP contribution in [0, 0.1) is 0 Å². The van der Waals surface area contributed by atoms with E-state index in [0.29, 0.717) is 48.7 Å². The standard InChI is InChI=1S/C16H18ClN5O3/c1-24-16-20-13(19-15(21-16)22-6-8-25-9-7-22)10-18-14(23)11-4-2-3-5-12(11)17/h2-5H,6-10H2,1H3,(H,18,23). The van der Waals surface area contributed by atoms with Gasteiger partial charge in [-0.25, -0.2) is 0 Å². The maximum absolute atomic E-state index is 12.3. The number of benzene rings is 1. The second-order valence-electron chi connectivity index (χ2n) is 5.30. The molecule has 25 heavy (non-hydrogen) atoms. The topological polar surface area (TPSA) is 89.5 Å². The number of nitrogens with one attached hydrogen (secondary N) is 1. The average molecular weight is 364 g/mol. The van der Waals surface area contributed by atoms with Crippen molar-refractivity contribution in [1.29, 1.82) is 0 Å². The van der Waals surface area contributed by atoms with Gasteiger partial charge in [0.2, 0.25) is 5.95 Å². The van der Waals surface area contributed by atoms with Gasteiger partial charge in [-0.3, -0.25) is 4.79 Å². The highest BCUT2D eigenvalue weighted by molar-refractivity contribution is 6.33. The first-order chi connectivity index (χ1) is 12.2. The molecule has 0 unspecified atom stereocenters. The number of amides is 1. The van der Waals surface area contributed by atoms with Crippen molar-refractivity contribution >= 4 is 23.5 Å². The molecule has 1 aromatic heterocycles. The van der Waals surface area contributed by atoms with Crippen LogP contribution >= 0.6 is 11.6 Å². The third-order valence-electron chi connectivity index (χ3n) is 3.65. The van der Waals surface area contributed by atoms with Crippen molar-refractivity contribution in [2.24, 2.45) is 0 Å². The molecule has 0 saturated carbocycles. The van der Waals surface area contributed by atoms with Crippen molar-refractivity contribution < 1.29 is 14.3 Å². The Labute approximate surface area is 150 Å². The molecular weight excluding hydrogens is 346 g/mol. The molecule has 1 N–H and O–H groups in total. The number of halogens is 1. The number of rotatable bonds is 5. The Hall–Kier alpha value is -2.45. The number of morpholine rings is 1. The van der Waals surface area contributed by atoms with Crippen molar-refractivity contribution in [3.8, 4) is 6.01 Å². The molecule has 3 rings (SSSR count). The van der Waals surface area contributed by atoms with Gasteiger partial charge in [0.1, 0.15) is 0 Å². The van der Waals surface area contributed by atoms with E-state index in [2.05, 4.69) is 20.3 Å². The summed E-state index contributed by atoms with van der Waals surface area (Å²) in [6.07, 6.45) is 0. The highest BCUT2D eigenvalue weighted by atomic mass is 35.5. The van der Waals surface area contributed by atoms with Crippen LogP contribution in [0.4, 0.5) is 5.95 Å². The minimum Gasteiger partial charge on any atom is -0.467 e. The quantitative estimate of drug-likeness (QED) is 0.856. The van der Waals surface area contributed by atoms with E-state index in [1.54, 1.807) is 24.3 Å². The number of carbonyl (C=O) groups is 1. The number of aromatic nitrogens is 3. The zero-order valence-corrected chi connectivity index (χ0v) is 14.5. The molecule has 1 fully saturated rings. The molecule has 0 aliphatic carbocycles. The molecule has 1 aliphatic rings. The molecule has 2 heterocycles. The Morgan fingerprint density at radius 3 is 2.76 bits per heavy atom. The molecular formula is C16H18ClN5O3. The molecule has 1 aliphatic heterocycles. The van der Waals surface area contributed by atoms with E-state index < -0.39 is 0 Å². The van der Waals surface area contributed by atoms with Gasteiger partial charge in [-0.1, -0.05) is 23.7 Å². The molecule has 0 radical (unpaired) electrons. The smallest absolute Gasteiger partial charge is 0.321 e. The van der Waals surface area contributed by atoms with Crippen molar-refractivity contribution in [3.05, 3.63) is 40.7 Å². The Morgan fingerprint density at radius 1 is 1.28 bits per heavy atom. The highest BCUT2D eigenvalue weighted by Crippen LogP contribution is 2.16. The Balaban J connectivity index is 1.73. The molecule has 0 bridgehead atoms. The summed E-state index contributed by atoms with van der Waals surface area (Å²) in [5, 5.41) is 3.15. The van der Waals surface area contributed by atoms with Crippen molar-refractivity contribution in [2.45, 2.75) is 6.54 Å². The summed E-state index contributed by atoms with van der Waals surface area (Å²) >= 11 is 6.03. The monoisotopic (exact) mass is 363 g/mol. The van der Waals surface area contributed by atoms with Crippen molar-refractivity contribution in [2.75, 3.05) is 38.3 Å². The largest absolute Gasteiger partial charge is 0.467 e. The number of hydrogen-bond acceptors (Lipinski definition) is 7. The normalized spacial score (nSPS) is 14.2. The van der Waals surface area contributed by atoms with E-state index in [4.69, 9.17) is 21.1 Å². The number of nitrogens with zero attached hydrogens (tertiary/aromatic N) is 4. The van der Waals surface area contributed by atoms with E-state index in [0.717, 1.165) is 0 Å². The van der Waals surface area contributed by atoms with Crippen LogP contribution in [0.2, 0.25) is 5.02 Å². The van der Waals surface area contributed by atoms with Gasteiger partial charge in [-0.15, -0.1) is 0 Å². The summed E-state index contributed by atoms with van der Waals surface area (Å²) in [5.74, 6) is 0.629. The summed E-state index contributed by atoms with van der Waals surface area (Å²) < 4.78 is 10.5. The minimum atomic E-state index is -0.294. The van der Waals surface area contributed by atoms with Gasteiger partial charge in [0.05, 0.1) is 37.5 Å². The molecule has 1 saturated heterocycles. The number of carbonyl (C=O) groups excluding carboxylic acids is 1. The maximum atomic E-state index is 12.3. The fraction of sp³-hybridized carbons (Fsp3) is 0.375. The van der Waals surface area contributed by atoms with Gasteiger partial charge in [0.15, 0.2) is 5.82 Å². The van der Waals surface area contributed by atoms with Crippen LogP contribution < -0.4 is 15.0 Å². The lowest BCUT2D eigenvalue weighted by atomic mass is 10.2. The number of methoxy groups -OCH3 is 1. The zero-order valence-electron chi connectivity index (χ0n) is 13.7. The van der Waals surface area contributed by atoms with E-state index in [9.17, 15) is 4.79 Å². The molecule has 0 atom stereocenters. The van der Waals surface area contributed by atoms with E-state index in [1.165, 1.54) is 7.11 Å². The fourth-order valence-corrected chi connectivity index (χ4v) is 2.58. The first-order valence-electron chi connectivity index (χ1n) is 7.81. The molecule has 132 valence electrons. The fourth-order valence-electron chi connectivity index (χ4n) is 2.36. The first kappa shape index (κ1) is 17.4. The van der Waals surface area contributed by atoms with Crippen LogP contribution in [0.25, 0.3) is 0 Å². The lowest BCUT2D eigenvalue weighted by Gasteiger charge is -2.26. The van der Waals surface area contributed by atoms with E-state index in [-0.39, 0.29) is 18.5 Å². The van der Waals surface area contributed by atoms with Crippen LogP contribution in [0.5, 0.6) is 6.01 Å². The SMILES string of the molecule is COc1nc(CNC(=O)c2ccccc2Cl)nc(N2CCOCC2)n1. The first-order valence-corrected chi connectivity index (χ1v) is 8.19. The van der Waals surface area contributed by atoms with Crippen LogP contribution in [0.15, 0.2) is 24.3 Å². The van der Waals surface area contributed by atoms with Gasteiger partial charge in [-0.2, -0.15) is 15.0 Å². The molecule has 1 aromatic carbocycles. The maximum Gasteiger partial charge on any atom is 0.321 e. The third kappa shape index (κ3) is 4.34. The summed E-state index contributed by atoms with van der Waals surface area (Å²) in [4.78, 5) is 27.1. The lowest BCUT2D eigenvalue weighted by molar-refractivity contribution is 0.0950. The van der Waals surface area contributed by atoms with Gasteiger partial charge < -0.3 is 19.7 Å². The number of ether oxygens (including phenoxy) is 2. The van der Waals surface area contributed by atoms with E-state index in [1.807, 2.05) is 4.90 Å². The second-order valence-corrected chi connectivity index (χ2v) is 5.71. The summed E-state index contributed by atoms with van der Waals surface area (Å²) in [6, 6.07) is 7.05. The second kappa shape index (κ2) is 8.09. The predicted molar refractivity (Wildman–Crippen MR) is 92.0 cm³/mol. The van der Waals surface area contributed by atoms with Gasteiger partial charge in [0.25, 0.3) is 5.91 Å². The lowest BCUT2D eigenvalue weighted by Crippen LogP contribution is -2.37. The highest BCUT2D eigenvalue weighted by Gasteiger charge is 2.17. The van der Waals surface area contributed by atoms with Crippen LogP contribution in [0.3, 0.4) is 0 Å². The van der Waals surface area contributed by atoms with Gasteiger partial charge in [0, 0.05) is 13.1 Å². The number of hydrogen-bond donors (Lipinski definition) is 1. The number of anilines is 1.